The van der Waals surface area contributed by atoms with Gasteiger partial charge < -0.3 is 15.0 Å². The van der Waals surface area contributed by atoms with Gasteiger partial charge in [-0.3, -0.25) is 4.79 Å². The van der Waals surface area contributed by atoms with Gasteiger partial charge in [0, 0.05) is 42.4 Å². The topological polar surface area (TPSA) is 41.6 Å². The van der Waals surface area contributed by atoms with Gasteiger partial charge in [0.2, 0.25) is 5.91 Å². The molecule has 1 aromatic heterocycles. The molecular formula is C23H23ClF2N2O2S. The lowest BCUT2D eigenvalue weighted by Crippen LogP contribution is -2.41. The normalized spacial score (nSPS) is 15.2. The summed E-state index contributed by atoms with van der Waals surface area (Å²) in [5.41, 5.74) is 3.38. The molecule has 2 heterocycles. The minimum atomic E-state index is -0.589. The molecule has 0 radical (unpaired) electrons. The highest BCUT2D eigenvalue weighted by molar-refractivity contribution is 7.10. The number of thiophene rings is 1. The Morgan fingerprint density at radius 1 is 1.19 bits per heavy atom. The molecule has 1 amide bonds. The van der Waals surface area contributed by atoms with Crippen LogP contribution >= 0.6 is 23.7 Å². The second-order valence-electron chi connectivity index (χ2n) is 7.18. The number of benzene rings is 2. The van der Waals surface area contributed by atoms with Crippen LogP contribution in [0.25, 0.3) is 0 Å². The first kappa shape index (κ1) is 23.2. The fourth-order valence-corrected chi connectivity index (χ4v) is 4.70. The number of carbonyl (C=O) groups excluding carboxylic acids is 1. The third-order valence-corrected chi connectivity index (χ3v) is 6.28. The summed E-state index contributed by atoms with van der Waals surface area (Å²) in [5.74, 6) is -1.19. The highest BCUT2D eigenvalue weighted by Gasteiger charge is 2.32. The second kappa shape index (κ2) is 10.2. The Bertz CT molecular complexity index is 1040. The van der Waals surface area contributed by atoms with E-state index in [0.717, 1.165) is 29.3 Å². The highest BCUT2D eigenvalue weighted by Crippen LogP contribution is 2.38. The van der Waals surface area contributed by atoms with E-state index in [9.17, 15) is 13.6 Å². The van der Waals surface area contributed by atoms with Gasteiger partial charge in [0.25, 0.3) is 0 Å². The summed E-state index contributed by atoms with van der Waals surface area (Å²) in [7, 11) is 1.53. The number of amides is 1. The van der Waals surface area contributed by atoms with Crippen LogP contribution in [-0.2, 0) is 22.5 Å². The van der Waals surface area contributed by atoms with E-state index < -0.39 is 11.6 Å². The summed E-state index contributed by atoms with van der Waals surface area (Å²) in [5, 5.41) is 5.22. The number of rotatable bonds is 6. The van der Waals surface area contributed by atoms with Crippen molar-refractivity contribution in [3.8, 4) is 0 Å². The number of hydrogen-bond acceptors (Lipinski definition) is 4. The Balaban J connectivity index is 0.00000272. The number of hydrogen-bond donors (Lipinski definition) is 1. The van der Waals surface area contributed by atoms with Crippen molar-refractivity contribution >= 4 is 35.3 Å². The van der Waals surface area contributed by atoms with Gasteiger partial charge in [0.05, 0.1) is 6.04 Å². The first-order valence-corrected chi connectivity index (χ1v) is 10.6. The molecular weight excluding hydrogens is 442 g/mol. The second-order valence-corrected chi connectivity index (χ2v) is 8.18. The molecule has 4 nitrogen and oxygen atoms in total. The van der Waals surface area contributed by atoms with Crippen LogP contribution in [0.2, 0.25) is 0 Å². The zero-order chi connectivity index (χ0) is 21.1. The minimum Gasteiger partial charge on any atom is -0.381 e. The van der Waals surface area contributed by atoms with Crippen molar-refractivity contribution in [3.05, 3.63) is 87.1 Å². The van der Waals surface area contributed by atoms with E-state index in [-0.39, 0.29) is 37.5 Å². The lowest BCUT2D eigenvalue weighted by molar-refractivity contribution is -0.137. The van der Waals surface area contributed by atoms with E-state index in [1.54, 1.807) is 11.3 Å². The van der Waals surface area contributed by atoms with Crippen LogP contribution < -0.4 is 5.32 Å². The number of halogens is 3. The Morgan fingerprint density at radius 2 is 1.97 bits per heavy atom. The number of nitrogens with one attached hydrogen (secondary N) is 1. The van der Waals surface area contributed by atoms with Gasteiger partial charge >= 0.3 is 0 Å². The molecule has 1 unspecified atom stereocenters. The van der Waals surface area contributed by atoms with E-state index in [1.807, 2.05) is 29.2 Å². The van der Waals surface area contributed by atoms with Crippen molar-refractivity contribution in [2.75, 3.05) is 25.6 Å². The van der Waals surface area contributed by atoms with E-state index in [4.69, 9.17) is 4.74 Å². The summed E-state index contributed by atoms with van der Waals surface area (Å²) in [6.45, 7) is 0.963. The molecule has 1 aliphatic rings. The van der Waals surface area contributed by atoms with Crippen LogP contribution in [0.5, 0.6) is 0 Å². The van der Waals surface area contributed by atoms with E-state index in [1.165, 1.54) is 24.1 Å². The predicted molar refractivity (Wildman–Crippen MR) is 121 cm³/mol. The summed E-state index contributed by atoms with van der Waals surface area (Å²) in [6.07, 6.45) is 0.849. The van der Waals surface area contributed by atoms with Gasteiger partial charge in [-0.25, -0.2) is 8.78 Å². The maximum absolute atomic E-state index is 13.8. The van der Waals surface area contributed by atoms with Gasteiger partial charge in [0.1, 0.15) is 18.2 Å². The van der Waals surface area contributed by atoms with Crippen molar-refractivity contribution in [1.29, 1.82) is 0 Å². The van der Waals surface area contributed by atoms with Crippen LogP contribution in [0.15, 0.2) is 53.9 Å². The maximum atomic E-state index is 13.8. The van der Waals surface area contributed by atoms with Crippen molar-refractivity contribution in [3.63, 3.8) is 0 Å². The van der Waals surface area contributed by atoms with Crippen LogP contribution in [0.4, 0.5) is 14.5 Å². The molecule has 0 aliphatic carbocycles. The fourth-order valence-electron chi connectivity index (χ4n) is 3.80. The number of fused-ring (bicyclic) bond motifs is 1. The zero-order valence-corrected chi connectivity index (χ0v) is 18.6. The molecule has 0 saturated heterocycles. The predicted octanol–water partition coefficient (Wildman–Crippen LogP) is 5.18. The number of methoxy groups -OCH3 is 1. The Kier molecular flexibility index (Phi) is 7.64. The van der Waals surface area contributed by atoms with Crippen molar-refractivity contribution in [2.24, 2.45) is 0 Å². The third-order valence-electron chi connectivity index (χ3n) is 5.28. The van der Waals surface area contributed by atoms with E-state index >= 15 is 0 Å². The molecule has 1 aliphatic heterocycles. The fraction of sp³-hybridized carbons (Fsp3) is 0.261. The van der Waals surface area contributed by atoms with Gasteiger partial charge in [-0.1, -0.05) is 18.2 Å². The average Bonchev–Trinajstić information content (AvgIpc) is 3.22. The molecule has 31 heavy (non-hydrogen) atoms. The van der Waals surface area contributed by atoms with E-state index in [2.05, 4.69) is 16.8 Å². The maximum Gasteiger partial charge on any atom is 0.249 e. The lowest BCUT2D eigenvalue weighted by atomic mass is 9.93. The first-order valence-electron chi connectivity index (χ1n) is 9.69. The minimum absolute atomic E-state index is 0. The molecule has 4 rings (SSSR count). The number of anilines is 1. The molecule has 1 N–H and O–H groups in total. The lowest BCUT2D eigenvalue weighted by Gasteiger charge is -2.36. The SMILES string of the molecule is COCC(=O)N1CCc2sccc2C1c1ccc(NCc2ccc(F)cc2F)cc1.Cl. The molecule has 3 aromatic rings. The first-order chi connectivity index (χ1) is 14.6. The number of nitrogens with zero attached hydrogens (tertiary/aromatic N) is 1. The number of ether oxygens (including phenoxy) is 1. The van der Waals surface area contributed by atoms with Crippen LogP contribution in [0, 0.1) is 11.6 Å². The monoisotopic (exact) mass is 464 g/mol. The summed E-state index contributed by atoms with van der Waals surface area (Å²) in [6, 6.07) is 13.3. The van der Waals surface area contributed by atoms with Crippen LogP contribution in [0.1, 0.15) is 27.6 Å². The molecule has 2 aromatic carbocycles. The zero-order valence-electron chi connectivity index (χ0n) is 16.9. The quantitative estimate of drug-likeness (QED) is 0.546. The third kappa shape index (κ3) is 5.06. The van der Waals surface area contributed by atoms with Crippen molar-refractivity contribution < 1.29 is 18.3 Å². The largest absolute Gasteiger partial charge is 0.381 e. The molecule has 164 valence electrons. The Morgan fingerprint density at radius 3 is 2.68 bits per heavy atom. The molecule has 0 bridgehead atoms. The molecule has 0 spiro atoms. The summed E-state index contributed by atoms with van der Waals surface area (Å²) >= 11 is 1.72. The van der Waals surface area contributed by atoms with Gasteiger partial charge in [-0.15, -0.1) is 23.7 Å². The van der Waals surface area contributed by atoms with Crippen LogP contribution in [0.3, 0.4) is 0 Å². The Labute approximate surface area is 190 Å². The van der Waals surface area contributed by atoms with Gasteiger partial charge in [-0.05, 0) is 47.2 Å². The molecule has 8 heteroatoms. The molecule has 0 fully saturated rings. The van der Waals surface area contributed by atoms with Gasteiger partial charge in [-0.2, -0.15) is 0 Å². The summed E-state index contributed by atoms with van der Waals surface area (Å²) < 4.78 is 31.9. The Hall–Kier alpha value is -2.48. The summed E-state index contributed by atoms with van der Waals surface area (Å²) in [4.78, 5) is 15.8. The van der Waals surface area contributed by atoms with E-state index in [0.29, 0.717) is 12.1 Å². The standard InChI is InChI=1S/C23H22F2N2O2S.ClH/c1-29-14-22(28)27-10-8-21-19(9-11-30-21)23(27)15-3-6-18(7-4-15)26-13-16-2-5-17(24)12-20(16)25;/h2-7,9,11-12,23,26H,8,10,13-14H2,1H3;1H. The average molecular weight is 465 g/mol. The molecule has 0 saturated carbocycles. The van der Waals surface area contributed by atoms with Crippen molar-refractivity contribution in [2.45, 2.75) is 19.0 Å². The van der Waals surface area contributed by atoms with Crippen molar-refractivity contribution in [1.82, 2.24) is 4.90 Å². The molecule has 1 atom stereocenters. The smallest absolute Gasteiger partial charge is 0.249 e. The van der Waals surface area contributed by atoms with Gasteiger partial charge in [0.15, 0.2) is 0 Å². The van der Waals surface area contributed by atoms with Crippen LogP contribution in [-0.4, -0.2) is 31.1 Å². The highest BCUT2D eigenvalue weighted by atomic mass is 35.5. The number of carbonyl (C=O) groups is 1.